The Hall–Kier alpha value is -0.770. The van der Waals surface area contributed by atoms with Gasteiger partial charge in [-0.1, -0.05) is 13.8 Å². The monoisotopic (exact) mass is 243 g/mol. The number of nitrogens with zero attached hydrogens (tertiary/aromatic N) is 1. The van der Waals surface area contributed by atoms with Crippen LogP contribution in [0.4, 0.5) is 4.79 Å². The van der Waals surface area contributed by atoms with Crippen molar-refractivity contribution in [2.45, 2.75) is 59.1 Å². The molecule has 0 aromatic heterocycles. The van der Waals surface area contributed by atoms with Crippen LogP contribution in [-0.2, 0) is 4.74 Å². The highest BCUT2D eigenvalue weighted by atomic mass is 16.6. The molecule has 0 saturated carbocycles. The molecule has 0 aliphatic carbocycles. The molecule has 0 radical (unpaired) electrons. The van der Waals surface area contributed by atoms with Crippen molar-refractivity contribution in [3.63, 3.8) is 0 Å². The van der Waals surface area contributed by atoms with E-state index in [2.05, 4.69) is 0 Å². The van der Waals surface area contributed by atoms with E-state index < -0.39 is 5.60 Å². The predicted octanol–water partition coefficient (Wildman–Crippen LogP) is 2.40. The second-order valence-corrected chi connectivity index (χ2v) is 6.48. The third-order valence-electron chi connectivity index (χ3n) is 3.19. The molecule has 0 aromatic carbocycles. The number of hydrogen-bond acceptors (Lipinski definition) is 3. The van der Waals surface area contributed by atoms with Gasteiger partial charge in [-0.3, -0.25) is 0 Å². The van der Waals surface area contributed by atoms with Crippen LogP contribution in [0, 0.1) is 5.41 Å². The Kier molecular flexibility index (Phi) is 4.07. The molecule has 1 aliphatic rings. The Labute approximate surface area is 104 Å². The molecule has 0 spiro atoms. The summed E-state index contributed by atoms with van der Waals surface area (Å²) in [6.07, 6.45) is 1.65. The van der Waals surface area contributed by atoms with Crippen LogP contribution >= 0.6 is 0 Å². The molecule has 1 amide bonds. The predicted molar refractivity (Wildman–Crippen MR) is 66.8 cm³/mol. The van der Waals surface area contributed by atoms with Gasteiger partial charge in [0.25, 0.3) is 0 Å². The second-order valence-electron chi connectivity index (χ2n) is 6.48. The van der Waals surface area contributed by atoms with Gasteiger partial charge in [-0.25, -0.2) is 4.79 Å². The maximum atomic E-state index is 12.1. The third-order valence-corrected chi connectivity index (χ3v) is 3.19. The first kappa shape index (κ1) is 14.3. The maximum Gasteiger partial charge on any atom is 0.410 e. The molecule has 1 N–H and O–H groups in total. The summed E-state index contributed by atoms with van der Waals surface area (Å²) in [4.78, 5) is 13.8. The number of carbonyl (C=O) groups is 1. The molecule has 0 aromatic rings. The number of amides is 1. The smallest absolute Gasteiger partial charge is 0.410 e. The van der Waals surface area contributed by atoms with E-state index in [-0.39, 0.29) is 24.2 Å². The van der Waals surface area contributed by atoms with Gasteiger partial charge in [0.15, 0.2) is 0 Å². The van der Waals surface area contributed by atoms with E-state index in [1.165, 1.54) is 0 Å². The van der Waals surface area contributed by atoms with E-state index in [9.17, 15) is 9.90 Å². The largest absolute Gasteiger partial charge is 0.444 e. The van der Waals surface area contributed by atoms with Gasteiger partial charge in [0, 0.05) is 18.0 Å². The van der Waals surface area contributed by atoms with Crippen molar-refractivity contribution in [3.05, 3.63) is 0 Å². The van der Waals surface area contributed by atoms with E-state index in [4.69, 9.17) is 4.74 Å². The minimum Gasteiger partial charge on any atom is -0.444 e. The molecule has 0 unspecified atom stereocenters. The summed E-state index contributed by atoms with van der Waals surface area (Å²) in [6, 6.07) is 0.0716. The molecule has 4 heteroatoms. The molecule has 17 heavy (non-hydrogen) atoms. The molecule has 1 saturated heterocycles. The Bertz CT molecular complexity index is 281. The topological polar surface area (TPSA) is 49.8 Å². The van der Waals surface area contributed by atoms with E-state index in [0.717, 1.165) is 19.4 Å². The van der Waals surface area contributed by atoms with Gasteiger partial charge in [-0.05, 0) is 33.6 Å². The van der Waals surface area contributed by atoms with Crippen LogP contribution in [0.15, 0.2) is 0 Å². The molecule has 4 nitrogen and oxygen atoms in total. The minimum atomic E-state index is -0.465. The first-order chi connectivity index (χ1) is 7.67. The summed E-state index contributed by atoms with van der Waals surface area (Å²) >= 11 is 0. The zero-order valence-corrected chi connectivity index (χ0v) is 11.6. The Morgan fingerprint density at radius 3 is 2.41 bits per heavy atom. The normalized spacial score (nSPS) is 21.8. The minimum absolute atomic E-state index is 0.0716. The number of likely N-dealkylation sites (tertiary alicyclic amines) is 1. The molecule has 1 heterocycles. The first-order valence-electron chi connectivity index (χ1n) is 6.28. The summed E-state index contributed by atoms with van der Waals surface area (Å²) in [5.41, 5.74) is -0.735. The molecule has 1 fully saturated rings. The average Bonchev–Trinajstić information content (AvgIpc) is 2.63. The van der Waals surface area contributed by atoms with Crippen molar-refractivity contribution in [2.24, 2.45) is 5.41 Å². The lowest BCUT2D eigenvalue weighted by atomic mass is 9.84. The van der Waals surface area contributed by atoms with E-state index in [1.54, 1.807) is 4.90 Å². The molecular formula is C13H25NO3. The summed E-state index contributed by atoms with van der Waals surface area (Å²) in [5, 5.41) is 9.41. The SMILES string of the molecule is CC(C)(C)OC(=O)N1CCC[C@@H]1C(C)(C)CO. The summed E-state index contributed by atoms with van der Waals surface area (Å²) in [6.45, 7) is 10.4. The van der Waals surface area contributed by atoms with E-state index in [1.807, 2.05) is 34.6 Å². The zero-order valence-electron chi connectivity index (χ0n) is 11.6. The average molecular weight is 243 g/mol. The maximum absolute atomic E-state index is 12.1. The van der Waals surface area contributed by atoms with Crippen molar-refractivity contribution < 1.29 is 14.6 Å². The molecule has 100 valence electrons. The molecular weight excluding hydrogens is 218 g/mol. The molecule has 1 rings (SSSR count). The van der Waals surface area contributed by atoms with Crippen LogP contribution in [0.2, 0.25) is 0 Å². The van der Waals surface area contributed by atoms with Gasteiger partial charge in [-0.2, -0.15) is 0 Å². The number of aliphatic hydroxyl groups is 1. The number of aliphatic hydroxyl groups excluding tert-OH is 1. The van der Waals surface area contributed by atoms with Gasteiger partial charge in [-0.15, -0.1) is 0 Å². The van der Waals surface area contributed by atoms with Crippen LogP contribution in [0.25, 0.3) is 0 Å². The number of rotatable bonds is 2. The fraction of sp³-hybridized carbons (Fsp3) is 0.923. The molecule has 1 aliphatic heterocycles. The fourth-order valence-electron chi connectivity index (χ4n) is 2.22. The second kappa shape index (κ2) is 4.84. The van der Waals surface area contributed by atoms with Crippen molar-refractivity contribution in [1.29, 1.82) is 0 Å². The highest BCUT2D eigenvalue weighted by Gasteiger charge is 2.40. The van der Waals surface area contributed by atoms with Gasteiger partial charge in [0.05, 0.1) is 6.61 Å². The third kappa shape index (κ3) is 3.60. The summed E-state index contributed by atoms with van der Waals surface area (Å²) < 4.78 is 5.40. The highest BCUT2D eigenvalue weighted by molar-refractivity contribution is 5.69. The van der Waals surface area contributed by atoms with E-state index in [0.29, 0.717) is 0 Å². The van der Waals surface area contributed by atoms with Crippen molar-refractivity contribution in [1.82, 2.24) is 4.90 Å². The van der Waals surface area contributed by atoms with Gasteiger partial charge in [0.2, 0.25) is 0 Å². The van der Waals surface area contributed by atoms with Crippen LogP contribution in [-0.4, -0.2) is 40.9 Å². The van der Waals surface area contributed by atoms with Crippen LogP contribution < -0.4 is 0 Å². The Balaban J connectivity index is 2.73. The number of ether oxygens (including phenoxy) is 1. The van der Waals surface area contributed by atoms with E-state index >= 15 is 0 Å². The number of carbonyl (C=O) groups excluding carboxylic acids is 1. The van der Waals surface area contributed by atoms with Crippen molar-refractivity contribution in [2.75, 3.05) is 13.2 Å². The Morgan fingerprint density at radius 1 is 1.35 bits per heavy atom. The standard InChI is InChI=1S/C13H25NO3/c1-12(2,3)17-11(16)14-8-6-7-10(14)13(4,5)9-15/h10,15H,6-9H2,1-5H3/t10-/m1/s1. The quantitative estimate of drug-likeness (QED) is 0.810. The molecule has 0 bridgehead atoms. The number of hydrogen-bond donors (Lipinski definition) is 1. The van der Waals surface area contributed by atoms with Crippen LogP contribution in [0.1, 0.15) is 47.5 Å². The van der Waals surface area contributed by atoms with Gasteiger partial charge < -0.3 is 14.7 Å². The van der Waals surface area contributed by atoms with Crippen molar-refractivity contribution in [3.8, 4) is 0 Å². The van der Waals surface area contributed by atoms with Crippen LogP contribution in [0.3, 0.4) is 0 Å². The lowest BCUT2D eigenvalue weighted by molar-refractivity contribution is 0.00209. The Morgan fingerprint density at radius 2 is 1.94 bits per heavy atom. The first-order valence-corrected chi connectivity index (χ1v) is 6.28. The van der Waals surface area contributed by atoms with Gasteiger partial charge in [0.1, 0.15) is 5.60 Å². The van der Waals surface area contributed by atoms with Gasteiger partial charge >= 0.3 is 6.09 Å². The lowest BCUT2D eigenvalue weighted by Crippen LogP contribution is -2.47. The fourth-order valence-corrected chi connectivity index (χ4v) is 2.22. The summed E-state index contributed by atoms with van der Waals surface area (Å²) in [5.74, 6) is 0. The van der Waals surface area contributed by atoms with Crippen LogP contribution in [0.5, 0.6) is 0 Å². The molecule has 1 atom stereocenters. The van der Waals surface area contributed by atoms with Crippen molar-refractivity contribution >= 4 is 6.09 Å². The lowest BCUT2D eigenvalue weighted by Gasteiger charge is -2.37. The summed E-state index contributed by atoms with van der Waals surface area (Å²) in [7, 11) is 0. The highest BCUT2D eigenvalue weighted by Crippen LogP contribution is 2.33. The zero-order chi connectivity index (χ0) is 13.3.